The van der Waals surface area contributed by atoms with E-state index < -0.39 is 11.7 Å². The van der Waals surface area contributed by atoms with Gasteiger partial charge in [-0.05, 0) is 43.9 Å². The van der Waals surface area contributed by atoms with Gasteiger partial charge in [-0.15, -0.1) is 0 Å². The van der Waals surface area contributed by atoms with Crippen LogP contribution in [0.5, 0.6) is 0 Å². The number of hydrogen-bond acceptors (Lipinski definition) is 3. The summed E-state index contributed by atoms with van der Waals surface area (Å²) in [5.41, 5.74) is 2.43. The molecule has 0 aromatic heterocycles. The van der Waals surface area contributed by atoms with Gasteiger partial charge >= 0.3 is 0 Å². The van der Waals surface area contributed by atoms with Crippen LogP contribution in [0, 0.1) is 0 Å². The van der Waals surface area contributed by atoms with E-state index in [1.54, 1.807) is 0 Å². The van der Waals surface area contributed by atoms with E-state index in [-0.39, 0.29) is 12.5 Å². The molecule has 134 valence electrons. The van der Waals surface area contributed by atoms with Crippen molar-refractivity contribution in [2.45, 2.75) is 45.5 Å². The maximum absolute atomic E-state index is 12.6. The van der Waals surface area contributed by atoms with Gasteiger partial charge in [0.25, 0.3) is 5.91 Å². The Morgan fingerprint density at radius 1 is 1.04 bits per heavy atom. The summed E-state index contributed by atoms with van der Waals surface area (Å²) in [6.45, 7) is 6.41. The molecule has 0 heterocycles. The zero-order valence-corrected chi connectivity index (χ0v) is 15.2. The third kappa shape index (κ3) is 6.33. The lowest BCUT2D eigenvalue weighted by Gasteiger charge is -2.27. The topological polar surface area (TPSA) is 58.6 Å². The Kier molecular flexibility index (Phi) is 6.73. The van der Waals surface area contributed by atoms with Gasteiger partial charge in [0, 0.05) is 6.54 Å². The zero-order chi connectivity index (χ0) is 18.3. The molecule has 1 atom stereocenters. The molecule has 0 aliphatic carbocycles. The minimum atomic E-state index is -0.627. The molecule has 2 rings (SSSR count). The molecular weight excluding hydrogens is 314 g/mol. The number of aliphatic hydroxyl groups excluding tert-OH is 1. The summed E-state index contributed by atoms with van der Waals surface area (Å²) < 4.78 is 5.98. The lowest BCUT2D eigenvalue weighted by molar-refractivity contribution is -0.143. The number of nitrogens with one attached hydrogen (secondary N) is 1. The van der Waals surface area contributed by atoms with E-state index in [2.05, 4.69) is 5.32 Å². The van der Waals surface area contributed by atoms with Gasteiger partial charge in [0.2, 0.25) is 0 Å². The van der Waals surface area contributed by atoms with Crippen LogP contribution >= 0.6 is 0 Å². The number of carbonyl (C=O) groups is 1. The number of ether oxygens (including phenoxy) is 1. The zero-order valence-electron chi connectivity index (χ0n) is 15.2. The smallest absolute Gasteiger partial charge is 0.253 e. The van der Waals surface area contributed by atoms with Crippen LogP contribution in [0.1, 0.15) is 43.6 Å². The highest BCUT2D eigenvalue weighted by atomic mass is 16.5. The molecule has 0 aliphatic heterocycles. The highest BCUT2D eigenvalue weighted by molar-refractivity contribution is 5.82. The first-order valence-electron chi connectivity index (χ1n) is 8.58. The predicted octanol–water partition coefficient (Wildman–Crippen LogP) is 3.39. The van der Waals surface area contributed by atoms with Crippen LogP contribution in [0.4, 0.5) is 0 Å². The Labute approximate surface area is 149 Å². The second kappa shape index (κ2) is 8.79. The summed E-state index contributed by atoms with van der Waals surface area (Å²) in [6, 6.07) is 17.3. The molecule has 0 saturated carbocycles. The first-order valence-corrected chi connectivity index (χ1v) is 8.58. The van der Waals surface area contributed by atoms with Gasteiger partial charge in [-0.1, -0.05) is 54.6 Å². The van der Waals surface area contributed by atoms with Gasteiger partial charge in [-0.2, -0.15) is 0 Å². The fraction of sp³-hybridized carbons (Fsp3) is 0.381. The molecule has 0 saturated heterocycles. The number of hydrogen-bond donors (Lipinski definition) is 2. The molecule has 0 bridgehead atoms. The fourth-order valence-corrected chi connectivity index (χ4v) is 2.49. The lowest BCUT2D eigenvalue weighted by atomic mass is 10.1. The van der Waals surface area contributed by atoms with Crippen LogP contribution in [0.2, 0.25) is 0 Å². The maximum Gasteiger partial charge on any atom is 0.253 e. The van der Waals surface area contributed by atoms with E-state index in [9.17, 15) is 4.79 Å². The number of aliphatic hydroxyl groups is 1. The van der Waals surface area contributed by atoms with Crippen molar-refractivity contribution in [1.82, 2.24) is 5.32 Å². The molecule has 0 spiro atoms. The molecular formula is C21H27NO3. The van der Waals surface area contributed by atoms with Gasteiger partial charge in [-0.25, -0.2) is 0 Å². The fourth-order valence-electron chi connectivity index (χ4n) is 2.49. The molecule has 2 aromatic carbocycles. The number of benzene rings is 2. The lowest BCUT2D eigenvalue weighted by Crippen LogP contribution is -2.36. The summed E-state index contributed by atoms with van der Waals surface area (Å²) in [6.07, 6.45) is 0.104. The van der Waals surface area contributed by atoms with Crippen molar-refractivity contribution in [1.29, 1.82) is 0 Å². The summed E-state index contributed by atoms with van der Waals surface area (Å²) >= 11 is 0. The van der Waals surface area contributed by atoms with Crippen molar-refractivity contribution in [2.75, 3.05) is 6.54 Å². The number of amides is 1. The molecule has 1 unspecified atom stereocenters. The standard InChI is InChI=1S/C21H27NO3/c1-21(2,3)25-19(18-7-5-4-6-8-18)20(24)22-14-13-16-9-11-17(15-23)12-10-16/h4-12,19,23H,13-15H2,1-3H3,(H,22,24). The van der Waals surface area contributed by atoms with Gasteiger partial charge in [-0.3, -0.25) is 4.79 Å². The van der Waals surface area contributed by atoms with Crippen molar-refractivity contribution in [3.05, 3.63) is 71.3 Å². The maximum atomic E-state index is 12.6. The molecule has 4 nitrogen and oxygen atoms in total. The molecule has 2 N–H and O–H groups in total. The Morgan fingerprint density at radius 3 is 2.20 bits per heavy atom. The van der Waals surface area contributed by atoms with Crippen LogP contribution in [-0.4, -0.2) is 23.2 Å². The van der Waals surface area contributed by atoms with Crippen LogP contribution < -0.4 is 5.32 Å². The van der Waals surface area contributed by atoms with E-state index >= 15 is 0 Å². The molecule has 25 heavy (non-hydrogen) atoms. The molecule has 0 fully saturated rings. The van der Waals surface area contributed by atoms with E-state index in [1.807, 2.05) is 75.4 Å². The molecule has 1 amide bonds. The molecule has 2 aromatic rings. The number of carbonyl (C=O) groups excluding carboxylic acids is 1. The van der Waals surface area contributed by atoms with E-state index in [4.69, 9.17) is 9.84 Å². The second-order valence-corrected chi connectivity index (χ2v) is 7.04. The summed E-state index contributed by atoms with van der Waals surface area (Å²) in [7, 11) is 0. The summed E-state index contributed by atoms with van der Waals surface area (Å²) in [5, 5.41) is 12.0. The number of rotatable bonds is 7. The van der Waals surface area contributed by atoms with Crippen LogP contribution in [0.3, 0.4) is 0 Å². The monoisotopic (exact) mass is 341 g/mol. The van der Waals surface area contributed by atoms with Crippen LogP contribution in [0.15, 0.2) is 54.6 Å². The van der Waals surface area contributed by atoms with E-state index in [0.29, 0.717) is 6.54 Å². The van der Waals surface area contributed by atoms with Crippen LogP contribution in [0.25, 0.3) is 0 Å². The molecule has 0 aliphatic rings. The highest BCUT2D eigenvalue weighted by Crippen LogP contribution is 2.24. The summed E-state index contributed by atoms with van der Waals surface area (Å²) in [5.74, 6) is -0.131. The van der Waals surface area contributed by atoms with Crippen molar-refractivity contribution < 1.29 is 14.6 Å². The predicted molar refractivity (Wildman–Crippen MR) is 99.1 cm³/mol. The Balaban J connectivity index is 1.96. The quantitative estimate of drug-likeness (QED) is 0.811. The van der Waals surface area contributed by atoms with E-state index in [1.165, 1.54) is 0 Å². The van der Waals surface area contributed by atoms with Gasteiger partial charge in [0.1, 0.15) is 0 Å². The third-order valence-electron chi connectivity index (χ3n) is 3.73. The average Bonchev–Trinajstić information content (AvgIpc) is 2.60. The Morgan fingerprint density at radius 2 is 1.64 bits per heavy atom. The average molecular weight is 341 g/mol. The Bertz CT molecular complexity index is 660. The van der Waals surface area contributed by atoms with Gasteiger partial charge in [0.05, 0.1) is 12.2 Å². The Hall–Kier alpha value is -2.17. The first-order chi connectivity index (χ1) is 11.9. The van der Waals surface area contributed by atoms with Gasteiger partial charge in [0.15, 0.2) is 6.10 Å². The first kappa shape index (κ1) is 19.2. The normalized spacial score (nSPS) is 12.6. The third-order valence-corrected chi connectivity index (χ3v) is 3.73. The van der Waals surface area contributed by atoms with Crippen molar-refractivity contribution in [2.24, 2.45) is 0 Å². The van der Waals surface area contributed by atoms with Crippen LogP contribution in [-0.2, 0) is 22.6 Å². The molecule has 0 radical (unpaired) electrons. The minimum absolute atomic E-state index is 0.0416. The highest BCUT2D eigenvalue weighted by Gasteiger charge is 2.26. The summed E-state index contributed by atoms with van der Waals surface area (Å²) in [4.78, 5) is 12.6. The van der Waals surface area contributed by atoms with Crippen molar-refractivity contribution in [3.63, 3.8) is 0 Å². The molecule has 4 heteroatoms. The minimum Gasteiger partial charge on any atom is -0.392 e. The SMILES string of the molecule is CC(C)(C)OC(C(=O)NCCc1ccc(CO)cc1)c1ccccc1. The van der Waals surface area contributed by atoms with Crippen molar-refractivity contribution >= 4 is 5.91 Å². The largest absolute Gasteiger partial charge is 0.392 e. The van der Waals surface area contributed by atoms with Gasteiger partial charge < -0.3 is 15.2 Å². The van der Waals surface area contributed by atoms with E-state index in [0.717, 1.165) is 23.1 Å². The van der Waals surface area contributed by atoms with Crippen molar-refractivity contribution in [3.8, 4) is 0 Å². The second-order valence-electron chi connectivity index (χ2n) is 7.04.